The summed E-state index contributed by atoms with van der Waals surface area (Å²) in [6, 6.07) is 28.6. The Hall–Kier alpha value is -4.01. The number of rotatable bonds is 9. The molecule has 190 valence electrons. The lowest BCUT2D eigenvalue weighted by atomic mass is 10.1. The SMILES string of the molecule is O=C(Nc1ccc(SCC(=O)c2ccc(Br)cc2)cc1)/C(=C/c1ccccc1F)NC(=O)c1ccccc1. The number of carbonyl (C=O) groups is 3. The van der Waals surface area contributed by atoms with Gasteiger partial charge in [0.05, 0.1) is 5.75 Å². The Morgan fingerprint density at radius 1 is 0.789 bits per heavy atom. The fourth-order valence-corrected chi connectivity index (χ4v) is 4.45. The van der Waals surface area contributed by atoms with Gasteiger partial charge in [-0.1, -0.05) is 64.5 Å². The topological polar surface area (TPSA) is 75.3 Å². The van der Waals surface area contributed by atoms with Crippen molar-refractivity contribution in [2.75, 3.05) is 11.1 Å². The van der Waals surface area contributed by atoms with E-state index in [0.29, 0.717) is 16.8 Å². The van der Waals surface area contributed by atoms with Gasteiger partial charge in [0, 0.05) is 31.7 Å². The Morgan fingerprint density at radius 2 is 1.45 bits per heavy atom. The van der Waals surface area contributed by atoms with E-state index >= 15 is 0 Å². The highest BCUT2D eigenvalue weighted by atomic mass is 79.9. The second kappa shape index (κ2) is 13.0. The summed E-state index contributed by atoms with van der Waals surface area (Å²) in [5.74, 6) is -1.34. The maximum Gasteiger partial charge on any atom is 0.272 e. The van der Waals surface area contributed by atoms with Gasteiger partial charge in [-0.25, -0.2) is 4.39 Å². The minimum Gasteiger partial charge on any atom is -0.321 e. The quantitative estimate of drug-likeness (QED) is 0.126. The Morgan fingerprint density at radius 3 is 2.13 bits per heavy atom. The van der Waals surface area contributed by atoms with Crippen LogP contribution < -0.4 is 10.6 Å². The molecule has 2 amide bonds. The first-order valence-corrected chi connectivity index (χ1v) is 13.3. The predicted octanol–water partition coefficient (Wildman–Crippen LogP) is 6.97. The van der Waals surface area contributed by atoms with Crippen molar-refractivity contribution in [3.05, 3.63) is 136 Å². The van der Waals surface area contributed by atoms with Gasteiger partial charge in [0.1, 0.15) is 11.5 Å². The van der Waals surface area contributed by atoms with Gasteiger partial charge in [-0.05, 0) is 60.7 Å². The highest BCUT2D eigenvalue weighted by Crippen LogP contribution is 2.22. The molecule has 0 aliphatic heterocycles. The van der Waals surface area contributed by atoms with E-state index < -0.39 is 17.6 Å². The van der Waals surface area contributed by atoms with Crippen LogP contribution >= 0.6 is 27.7 Å². The molecule has 4 rings (SSSR count). The lowest BCUT2D eigenvalue weighted by molar-refractivity contribution is -0.113. The number of hydrogen-bond donors (Lipinski definition) is 2. The monoisotopic (exact) mass is 588 g/mol. The van der Waals surface area contributed by atoms with Crippen LogP contribution in [0, 0.1) is 5.82 Å². The molecule has 0 atom stereocenters. The summed E-state index contributed by atoms with van der Waals surface area (Å²) in [6.45, 7) is 0. The van der Waals surface area contributed by atoms with Crippen LogP contribution in [0.25, 0.3) is 6.08 Å². The first-order valence-electron chi connectivity index (χ1n) is 11.5. The van der Waals surface area contributed by atoms with Crippen molar-refractivity contribution in [3.8, 4) is 0 Å². The second-order valence-corrected chi connectivity index (χ2v) is 10.1. The lowest BCUT2D eigenvalue weighted by Gasteiger charge is -2.12. The van der Waals surface area contributed by atoms with Gasteiger partial charge < -0.3 is 10.6 Å². The van der Waals surface area contributed by atoms with Crippen molar-refractivity contribution in [3.63, 3.8) is 0 Å². The van der Waals surface area contributed by atoms with Crippen molar-refractivity contribution < 1.29 is 18.8 Å². The molecule has 0 aromatic heterocycles. The number of hydrogen-bond acceptors (Lipinski definition) is 4. The van der Waals surface area contributed by atoms with E-state index in [9.17, 15) is 18.8 Å². The van der Waals surface area contributed by atoms with Gasteiger partial charge in [-0.15, -0.1) is 11.8 Å². The molecule has 2 N–H and O–H groups in total. The predicted molar refractivity (Wildman–Crippen MR) is 153 cm³/mol. The summed E-state index contributed by atoms with van der Waals surface area (Å²) < 4.78 is 15.2. The molecule has 0 bridgehead atoms. The highest BCUT2D eigenvalue weighted by molar-refractivity contribution is 9.10. The van der Waals surface area contributed by atoms with E-state index in [2.05, 4.69) is 26.6 Å². The third kappa shape index (κ3) is 7.50. The summed E-state index contributed by atoms with van der Waals surface area (Å²) in [7, 11) is 0. The zero-order chi connectivity index (χ0) is 26.9. The van der Waals surface area contributed by atoms with Crippen LogP contribution in [0.2, 0.25) is 0 Å². The maximum atomic E-state index is 14.3. The number of nitrogens with one attached hydrogen (secondary N) is 2. The number of benzene rings is 4. The van der Waals surface area contributed by atoms with Crippen molar-refractivity contribution in [2.45, 2.75) is 4.90 Å². The molecule has 0 radical (unpaired) electrons. The van der Waals surface area contributed by atoms with Crippen LogP contribution in [-0.4, -0.2) is 23.4 Å². The van der Waals surface area contributed by atoms with E-state index in [1.807, 2.05) is 12.1 Å². The average molecular weight is 589 g/mol. The highest BCUT2D eigenvalue weighted by Gasteiger charge is 2.16. The van der Waals surface area contributed by atoms with Crippen LogP contribution in [0.3, 0.4) is 0 Å². The largest absolute Gasteiger partial charge is 0.321 e. The number of Topliss-reactive ketones (excluding diaryl/α,β-unsaturated/α-hetero) is 1. The Kier molecular flexibility index (Phi) is 9.24. The van der Waals surface area contributed by atoms with Gasteiger partial charge in [0.2, 0.25) is 0 Å². The van der Waals surface area contributed by atoms with Gasteiger partial charge in [0.15, 0.2) is 5.78 Å². The number of carbonyl (C=O) groups excluding carboxylic acids is 3. The number of amides is 2. The molecule has 4 aromatic carbocycles. The smallest absolute Gasteiger partial charge is 0.272 e. The van der Waals surface area contributed by atoms with E-state index in [0.717, 1.165) is 9.37 Å². The molecule has 0 heterocycles. The van der Waals surface area contributed by atoms with E-state index in [1.54, 1.807) is 78.9 Å². The van der Waals surface area contributed by atoms with Crippen LogP contribution in [0.15, 0.2) is 118 Å². The third-order valence-corrected chi connectivity index (χ3v) is 6.92. The van der Waals surface area contributed by atoms with Crippen molar-refractivity contribution in [1.82, 2.24) is 5.32 Å². The molecule has 38 heavy (non-hydrogen) atoms. The summed E-state index contributed by atoms with van der Waals surface area (Å²) >= 11 is 4.74. The molecular weight excluding hydrogens is 567 g/mol. The first kappa shape index (κ1) is 27.0. The summed E-state index contributed by atoms with van der Waals surface area (Å²) in [5.41, 5.74) is 1.53. The Balaban J connectivity index is 1.44. The molecule has 8 heteroatoms. The first-order chi connectivity index (χ1) is 18.4. The fourth-order valence-electron chi connectivity index (χ4n) is 3.39. The molecule has 4 aromatic rings. The molecule has 0 spiro atoms. The average Bonchev–Trinajstić information content (AvgIpc) is 2.94. The molecular formula is C30H22BrFN2O3S. The van der Waals surface area contributed by atoms with E-state index in [4.69, 9.17) is 0 Å². The zero-order valence-corrected chi connectivity index (χ0v) is 22.4. The molecule has 0 aliphatic carbocycles. The fraction of sp³-hybridized carbons (Fsp3) is 0.0333. The number of anilines is 1. The van der Waals surface area contributed by atoms with E-state index in [-0.39, 0.29) is 22.8 Å². The third-order valence-electron chi connectivity index (χ3n) is 5.38. The van der Waals surface area contributed by atoms with Gasteiger partial charge >= 0.3 is 0 Å². The molecule has 0 saturated carbocycles. The minimum atomic E-state index is -0.608. The number of thioether (sulfide) groups is 1. The molecule has 0 aliphatic rings. The van der Waals surface area contributed by atoms with Crippen LogP contribution in [-0.2, 0) is 4.79 Å². The standard InChI is InChI=1S/C30H22BrFN2O3S/c31-23-12-10-20(11-13-23)28(35)19-38-25-16-14-24(15-17-25)33-30(37)27(18-22-8-4-5-9-26(22)32)34-29(36)21-6-2-1-3-7-21/h1-18H,19H2,(H,33,37)(H,34,36)/b27-18-. The maximum absolute atomic E-state index is 14.3. The molecule has 0 unspecified atom stereocenters. The summed E-state index contributed by atoms with van der Waals surface area (Å²) in [6.07, 6.45) is 1.30. The number of ketones is 1. The van der Waals surface area contributed by atoms with Crippen molar-refractivity contribution >= 4 is 57.1 Å². The molecule has 5 nitrogen and oxygen atoms in total. The lowest BCUT2D eigenvalue weighted by Crippen LogP contribution is -2.30. The summed E-state index contributed by atoms with van der Waals surface area (Å²) in [4.78, 5) is 39.1. The van der Waals surface area contributed by atoms with Gasteiger partial charge in [-0.3, -0.25) is 14.4 Å². The summed E-state index contributed by atoms with van der Waals surface area (Å²) in [5, 5.41) is 5.33. The number of halogens is 2. The van der Waals surface area contributed by atoms with Crippen molar-refractivity contribution in [1.29, 1.82) is 0 Å². The van der Waals surface area contributed by atoms with Crippen LogP contribution in [0.5, 0.6) is 0 Å². The Labute approximate surface area is 232 Å². The van der Waals surface area contributed by atoms with E-state index in [1.165, 1.54) is 30.0 Å². The van der Waals surface area contributed by atoms with Gasteiger partial charge in [0.25, 0.3) is 11.8 Å². The zero-order valence-electron chi connectivity index (χ0n) is 20.0. The van der Waals surface area contributed by atoms with Crippen molar-refractivity contribution in [2.24, 2.45) is 0 Å². The van der Waals surface area contributed by atoms with Crippen LogP contribution in [0.4, 0.5) is 10.1 Å². The normalized spacial score (nSPS) is 11.1. The second-order valence-electron chi connectivity index (χ2n) is 8.10. The minimum absolute atomic E-state index is 0.0111. The van der Waals surface area contributed by atoms with Gasteiger partial charge in [-0.2, -0.15) is 0 Å². The Bertz CT molecular complexity index is 1470. The molecule has 0 fully saturated rings. The molecule has 0 saturated heterocycles. The van der Waals surface area contributed by atoms with Crippen LogP contribution in [0.1, 0.15) is 26.3 Å².